The molecule has 0 aliphatic carbocycles. The molecular formula is C15H15BrClN. The van der Waals surface area contributed by atoms with Crippen molar-refractivity contribution in [2.75, 3.05) is 0 Å². The van der Waals surface area contributed by atoms with Gasteiger partial charge in [-0.05, 0) is 46.0 Å². The first kappa shape index (κ1) is 13.6. The predicted octanol–water partition coefficient (Wildman–Crippen LogP) is 4.74. The molecule has 2 N–H and O–H groups in total. The van der Waals surface area contributed by atoms with Crippen LogP contribution in [0.1, 0.15) is 23.6 Å². The summed E-state index contributed by atoms with van der Waals surface area (Å²) in [5.41, 5.74) is 8.51. The maximum atomic E-state index is 6.24. The van der Waals surface area contributed by atoms with Crippen molar-refractivity contribution in [1.82, 2.24) is 0 Å². The van der Waals surface area contributed by atoms with Crippen molar-refractivity contribution in [2.45, 2.75) is 18.9 Å². The molecule has 0 aliphatic heterocycles. The second kappa shape index (κ2) is 6.37. The zero-order valence-corrected chi connectivity index (χ0v) is 12.3. The van der Waals surface area contributed by atoms with E-state index in [1.54, 1.807) is 0 Å². The van der Waals surface area contributed by atoms with Crippen LogP contribution in [0.4, 0.5) is 0 Å². The van der Waals surface area contributed by atoms with E-state index < -0.39 is 0 Å². The summed E-state index contributed by atoms with van der Waals surface area (Å²) >= 11 is 9.67. The molecule has 0 fully saturated rings. The Kier molecular flexibility index (Phi) is 4.81. The molecule has 2 aromatic rings. The Morgan fingerprint density at radius 1 is 1.06 bits per heavy atom. The van der Waals surface area contributed by atoms with Crippen LogP contribution >= 0.6 is 27.5 Å². The van der Waals surface area contributed by atoms with E-state index in [1.165, 1.54) is 5.56 Å². The molecule has 3 heteroatoms. The number of hydrogen-bond acceptors (Lipinski definition) is 1. The molecule has 0 bridgehead atoms. The molecule has 0 aromatic heterocycles. The number of aryl methyl sites for hydroxylation is 1. The number of benzene rings is 2. The van der Waals surface area contributed by atoms with Crippen LogP contribution in [0.25, 0.3) is 0 Å². The van der Waals surface area contributed by atoms with Crippen LogP contribution in [0.15, 0.2) is 53.0 Å². The van der Waals surface area contributed by atoms with Gasteiger partial charge in [0.15, 0.2) is 0 Å². The van der Waals surface area contributed by atoms with Crippen LogP contribution in [0.5, 0.6) is 0 Å². The molecule has 0 amide bonds. The van der Waals surface area contributed by atoms with Gasteiger partial charge in [-0.1, -0.05) is 54.1 Å². The summed E-state index contributed by atoms with van der Waals surface area (Å²) in [6, 6.07) is 16.2. The summed E-state index contributed by atoms with van der Waals surface area (Å²) in [7, 11) is 0. The third kappa shape index (κ3) is 3.35. The summed E-state index contributed by atoms with van der Waals surface area (Å²) in [5.74, 6) is 0. The molecule has 0 spiro atoms. The Balaban J connectivity index is 2.04. The average Bonchev–Trinajstić information content (AvgIpc) is 2.40. The van der Waals surface area contributed by atoms with Gasteiger partial charge in [0.1, 0.15) is 0 Å². The van der Waals surface area contributed by atoms with Crippen LogP contribution < -0.4 is 5.73 Å². The summed E-state index contributed by atoms with van der Waals surface area (Å²) < 4.78 is 0.900. The van der Waals surface area contributed by atoms with E-state index in [0.717, 1.165) is 27.9 Å². The van der Waals surface area contributed by atoms with E-state index in [-0.39, 0.29) is 6.04 Å². The molecule has 18 heavy (non-hydrogen) atoms. The minimum atomic E-state index is -0.0322. The monoisotopic (exact) mass is 323 g/mol. The van der Waals surface area contributed by atoms with Crippen LogP contribution in [0, 0.1) is 0 Å². The second-order valence-electron chi connectivity index (χ2n) is 4.27. The van der Waals surface area contributed by atoms with Crippen LogP contribution in [-0.4, -0.2) is 0 Å². The quantitative estimate of drug-likeness (QED) is 0.864. The van der Waals surface area contributed by atoms with Crippen LogP contribution in [0.2, 0.25) is 5.02 Å². The lowest BCUT2D eigenvalue weighted by molar-refractivity contribution is 0.651. The minimum Gasteiger partial charge on any atom is -0.324 e. The fraction of sp³-hybridized carbons (Fsp3) is 0.200. The number of hydrogen-bond donors (Lipinski definition) is 1. The van der Waals surface area contributed by atoms with E-state index >= 15 is 0 Å². The largest absolute Gasteiger partial charge is 0.324 e. The summed E-state index contributed by atoms with van der Waals surface area (Å²) in [5, 5.41) is 0.720. The molecule has 1 atom stereocenters. The molecule has 0 radical (unpaired) electrons. The Morgan fingerprint density at radius 2 is 1.78 bits per heavy atom. The highest BCUT2D eigenvalue weighted by molar-refractivity contribution is 9.10. The topological polar surface area (TPSA) is 26.0 Å². The molecule has 1 unspecified atom stereocenters. The van der Waals surface area contributed by atoms with Gasteiger partial charge in [-0.25, -0.2) is 0 Å². The van der Waals surface area contributed by atoms with Gasteiger partial charge in [0.2, 0.25) is 0 Å². The van der Waals surface area contributed by atoms with Crippen molar-refractivity contribution < 1.29 is 0 Å². The van der Waals surface area contributed by atoms with E-state index in [4.69, 9.17) is 17.3 Å². The molecular weight excluding hydrogens is 310 g/mol. The smallest absolute Gasteiger partial charge is 0.0595 e. The SMILES string of the molecule is NC(CCc1ccccc1)c1cccc(Br)c1Cl. The Bertz CT molecular complexity index is 513. The molecule has 2 rings (SSSR count). The molecule has 0 heterocycles. The molecule has 0 saturated heterocycles. The summed E-state index contributed by atoms with van der Waals surface area (Å²) in [6.45, 7) is 0. The van der Waals surface area contributed by atoms with E-state index in [1.807, 2.05) is 36.4 Å². The van der Waals surface area contributed by atoms with E-state index in [0.29, 0.717) is 0 Å². The first-order valence-corrected chi connectivity index (χ1v) is 7.09. The number of halogens is 2. The lowest BCUT2D eigenvalue weighted by Gasteiger charge is -2.14. The van der Waals surface area contributed by atoms with Crippen molar-refractivity contribution in [3.8, 4) is 0 Å². The fourth-order valence-corrected chi connectivity index (χ4v) is 2.58. The molecule has 1 nitrogen and oxygen atoms in total. The van der Waals surface area contributed by atoms with Crippen LogP contribution in [0.3, 0.4) is 0 Å². The summed E-state index contributed by atoms with van der Waals surface area (Å²) in [4.78, 5) is 0. The molecule has 0 aliphatic rings. The Morgan fingerprint density at radius 3 is 2.50 bits per heavy atom. The first-order chi connectivity index (χ1) is 8.68. The third-order valence-electron chi connectivity index (χ3n) is 2.97. The highest BCUT2D eigenvalue weighted by Gasteiger charge is 2.11. The van der Waals surface area contributed by atoms with Gasteiger partial charge in [0.05, 0.1) is 5.02 Å². The van der Waals surface area contributed by atoms with Gasteiger partial charge < -0.3 is 5.73 Å². The zero-order chi connectivity index (χ0) is 13.0. The third-order valence-corrected chi connectivity index (χ3v) is 4.28. The maximum Gasteiger partial charge on any atom is 0.0595 e. The lowest BCUT2D eigenvalue weighted by Crippen LogP contribution is -2.12. The van der Waals surface area contributed by atoms with Gasteiger partial charge in [-0.3, -0.25) is 0 Å². The maximum absolute atomic E-state index is 6.24. The number of rotatable bonds is 4. The van der Waals surface area contributed by atoms with Crippen molar-refractivity contribution in [2.24, 2.45) is 5.73 Å². The van der Waals surface area contributed by atoms with Crippen molar-refractivity contribution in [3.63, 3.8) is 0 Å². The van der Waals surface area contributed by atoms with Crippen LogP contribution in [-0.2, 0) is 6.42 Å². The fourth-order valence-electron chi connectivity index (χ4n) is 1.93. The lowest BCUT2D eigenvalue weighted by atomic mass is 10.00. The van der Waals surface area contributed by atoms with Gasteiger partial charge in [-0.15, -0.1) is 0 Å². The standard InChI is InChI=1S/C15H15BrClN/c16-13-8-4-7-12(15(13)17)14(18)10-9-11-5-2-1-3-6-11/h1-8,14H,9-10,18H2. The van der Waals surface area contributed by atoms with E-state index in [9.17, 15) is 0 Å². The van der Waals surface area contributed by atoms with Crippen molar-refractivity contribution in [3.05, 3.63) is 69.2 Å². The van der Waals surface area contributed by atoms with Crippen molar-refractivity contribution in [1.29, 1.82) is 0 Å². The number of nitrogens with two attached hydrogens (primary N) is 1. The molecule has 0 saturated carbocycles. The normalized spacial score (nSPS) is 12.4. The van der Waals surface area contributed by atoms with Crippen molar-refractivity contribution >= 4 is 27.5 Å². The zero-order valence-electron chi connectivity index (χ0n) is 9.94. The Labute approximate surface area is 121 Å². The summed E-state index contributed by atoms with van der Waals surface area (Å²) in [6.07, 6.45) is 1.85. The molecule has 2 aromatic carbocycles. The molecule has 94 valence electrons. The van der Waals surface area contributed by atoms with Gasteiger partial charge in [-0.2, -0.15) is 0 Å². The minimum absolute atomic E-state index is 0.0322. The van der Waals surface area contributed by atoms with Gasteiger partial charge >= 0.3 is 0 Å². The predicted molar refractivity (Wildman–Crippen MR) is 80.8 cm³/mol. The van der Waals surface area contributed by atoms with Gasteiger partial charge in [0.25, 0.3) is 0 Å². The highest BCUT2D eigenvalue weighted by Crippen LogP contribution is 2.30. The Hall–Kier alpha value is -0.830. The highest BCUT2D eigenvalue weighted by atomic mass is 79.9. The first-order valence-electron chi connectivity index (χ1n) is 5.92. The van der Waals surface area contributed by atoms with E-state index in [2.05, 4.69) is 28.1 Å². The van der Waals surface area contributed by atoms with Gasteiger partial charge in [0, 0.05) is 10.5 Å². The second-order valence-corrected chi connectivity index (χ2v) is 5.51. The average molecular weight is 325 g/mol.